The highest BCUT2D eigenvalue weighted by Gasteiger charge is 2.14. The fourth-order valence-corrected chi connectivity index (χ4v) is 2.18. The first-order valence-corrected chi connectivity index (χ1v) is 5.53. The summed E-state index contributed by atoms with van der Waals surface area (Å²) in [6, 6.07) is 7.89. The third kappa shape index (κ3) is 1.48. The summed E-state index contributed by atoms with van der Waals surface area (Å²) in [5.74, 6) is -1.10. The summed E-state index contributed by atoms with van der Waals surface area (Å²) < 4.78 is 0. The van der Waals surface area contributed by atoms with E-state index in [1.807, 2.05) is 31.2 Å². The van der Waals surface area contributed by atoms with Crippen LogP contribution in [-0.2, 0) is 0 Å². The molecule has 0 radical (unpaired) electrons. The molecule has 0 aliphatic rings. The predicted octanol–water partition coefficient (Wildman–Crippen LogP) is 2.56. The summed E-state index contributed by atoms with van der Waals surface area (Å²) in [7, 11) is 0. The average molecular weight is 241 g/mol. The standard InChI is InChI=1S/C13H11N3O2/c1-7-11(8-4-2-3-5-9(8)15-7)10-6-14-12(16-10)13(17)18/h2-6,15H,1H3,(H,14,16)(H,17,18). The number of aromatic carboxylic acids is 1. The number of H-pyrrole nitrogens is 2. The lowest BCUT2D eigenvalue weighted by molar-refractivity contribution is 0.0685. The van der Waals surface area contributed by atoms with Gasteiger partial charge in [-0.2, -0.15) is 0 Å². The van der Waals surface area contributed by atoms with Crippen molar-refractivity contribution in [1.29, 1.82) is 0 Å². The molecule has 0 aliphatic heterocycles. The quantitative estimate of drug-likeness (QED) is 0.644. The zero-order valence-electron chi connectivity index (χ0n) is 9.69. The molecule has 0 atom stereocenters. The van der Waals surface area contributed by atoms with Gasteiger partial charge in [-0.05, 0) is 13.0 Å². The van der Waals surface area contributed by atoms with Crippen LogP contribution in [0.25, 0.3) is 22.2 Å². The molecular formula is C13H11N3O2. The second-order valence-corrected chi connectivity index (χ2v) is 4.12. The van der Waals surface area contributed by atoms with Gasteiger partial charge >= 0.3 is 5.97 Å². The number of carbonyl (C=O) groups is 1. The first-order chi connectivity index (χ1) is 8.66. The van der Waals surface area contributed by atoms with Crippen LogP contribution in [0.15, 0.2) is 30.5 Å². The smallest absolute Gasteiger partial charge is 0.371 e. The molecule has 0 fully saturated rings. The van der Waals surface area contributed by atoms with Gasteiger partial charge in [-0.15, -0.1) is 0 Å². The third-order valence-corrected chi connectivity index (χ3v) is 2.94. The van der Waals surface area contributed by atoms with Crippen LogP contribution in [0, 0.1) is 6.92 Å². The number of imidazole rings is 1. The Labute approximate surface area is 102 Å². The molecule has 0 unspecified atom stereocenters. The SMILES string of the molecule is Cc1[nH]c2ccccc2c1-c1cnc(C(=O)O)[nH]1. The molecule has 0 amide bonds. The summed E-state index contributed by atoms with van der Waals surface area (Å²) in [4.78, 5) is 20.8. The van der Waals surface area contributed by atoms with E-state index < -0.39 is 5.97 Å². The van der Waals surface area contributed by atoms with E-state index in [1.165, 1.54) is 0 Å². The van der Waals surface area contributed by atoms with E-state index in [9.17, 15) is 4.79 Å². The van der Waals surface area contributed by atoms with Crippen LogP contribution in [-0.4, -0.2) is 26.0 Å². The van der Waals surface area contributed by atoms with Crippen LogP contribution >= 0.6 is 0 Å². The second kappa shape index (κ2) is 3.73. The van der Waals surface area contributed by atoms with Gasteiger partial charge in [0, 0.05) is 22.2 Å². The highest BCUT2D eigenvalue weighted by Crippen LogP contribution is 2.30. The van der Waals surface area contributed by atoms with Crippen molar-refractivity contribution in [3.8, 4) is 11.3 Å². The number of benzene rings is 1. The van der Waals surface area contributed by atoms with Gasteiger partial charge in [0.1, 0.15) is 0 Å². The predicted molar refractivity (Wildman–Crippen MR) is 67.6 cm³/mol. The lowest BCUT2D eigenvalue weighted by Crippen LogP contribution is -1.98. The average Bonchev–Trinajstić information content (AvgIpc) is 2.91. The molecule has 2 aromatic heterocycles. The summed E-state index contributed by atoms with van der Waals surface area (Å²) in [5, 5.41) is 9.93. The summed E-state index contributed by atoms with van der Waals surface area (Å²) in [6.45, 7) is 1.95. The van der Waals surface area contributed by atoms with E-state index in [0.717, 1.165) is 22.2 Å². The number of nitrogens with one attached hydrogen (secondary N) is 2. The summed E-state index contributed by atoms with van der Waals surface area (Å²) >= 11 is 0. The van der Waals surface area contributed by atoms with Gasteiger partial charge in [0.2, 0.25) is 5.82 Å². The Morgan fingerprint density at radius 3 is 2.78 bits per heavy atom. The molecule has 0 spiro atoms. The largest absolute Gasteiger partial charge is 0.475 e. The van der Waals surface area contributed by atoms with Crippen molar-refractivity contribution >= 4 is 16.9 Å². The van der Waals surface area contributed by atoms with Crippen LogP contribution in [0.4, 0.5) is 0 Å². The van der Waals surface area contributed by atoms with E-state index in [0.29, 0.717) is 5.69 Å². The molecular weight excluding hydrogens is 230 g/mol. The van der Waals surface area contributed by atoms with Gasteiger partial charge in [-0.1, -0.05) is 18.2 Å². The topological polar surface area (TPSA) is 81.8 Å². The monoisotopic (exact) mass is 241 g/mol. The van der Waals surface area contributed by atoms with Crippen molar-refractivity contribution < 1.29 is 9.90 Å². The Bertz CT molecular complexity index is 740. The maximum Gasteiger partial charge on any atom is 0.371 e. The van der Waals surface area contributed by atoms with E-state index >= 15 is 0 Å². The highest BCUT2D eigenvalue weighted by atomic mass is 16.4. The molecule has 0 bridgehead atoms. The number of aromatic amines is 2. The van der Waals surface area contributed by atoms with Crippen molar-refractivity contribution in [2.45, 2.75) is 6.92 Å². The van der Waals surface area contributed by atoms with E-state index in [4.69, 9.17) is 5.11 Å². The minimum absolute atomic E-state index is 0.0466. The van der Waals surface area contributed by atoms with Gasteiger partial charge < -0.3 is 15.1 Å². The number of rotatable bonds is 2. The van der Waals surface area contributed by atoms with Crippen molar-refractivity contribution in [3.63, 3.8) is 0 Å². The highest BCUT2D eigenvalue weighted by molar-refractivity contribution is 5.97. The Balaban J connectivity index is 2.24. The van der Waals surface area contributed by atoms with E-state index in [-0.39, 0.29) is 5.82 Å². The van der Waals surface area contributed by atoms with Gasteiger partial charge in [-0.3, -0.25) is 0 Å². The van der Waals surface area contributed by atoms with Crippen molar-refractivity contribution in [3.05, 3.63) is 42.0 Å². The fourth-order valence-electron chi connectivity index (χ4n) is 2.18. The zero-order chi connectivity index (χ0) is 12.7. The number of aromatic nitrogens is 3. The molecule has 5 nitrogen and oxygen atoms in total. The Morgan fingerprint density at radius 2 is 2.06 bits per heavy atom. The number of fused-ring (bicyclic) bond motifs is 1. The van der Waals surface area contributed by atoms with Gasteiger partial charge in [-0.25, -0.2) is 9.78 Å². The molecule has 90 valence electrons. The minimum Gasteiger partial charge on any atom is -0.475 e. The molecule has 2 heterocycles. The van der Waals surface area contributed by atoms with E-state index in [1.54, 1.807) is 6.20 Å². The maximum absolute atomic E-state index is 10.8. The number of carboxylic acid groups (broad SMARTS) is 1. The Morgan fingerprint density at radius 1 is 1.28 bits per heavy atom. The molecule has 3 aromatic rings. The third-order valence-electron chi connectivity index (χ3n) is 2.94. The molecule has 5 heteroatoms. The van der Waals surface area contributed by atoms with Crippen LogP contribution < -0.4 is 0 Å². The van der Waals surface area contributed by atoms with Crippen LogP contribution in [0.3, 0.4) is 0 Å². The lowest BCUT2D eigenvalue weighted by Gasteiger charge is -1.96. The Hall–Kier alpha value is -2.56. The molecule has 3 N–H and O–H groups in total. The number of hydrogen-bond acceptors (Lipinski definition) is 2. The second-order valence-electron chi connectivity index (χ2n) is 4.12. The first kappa shape index (κ1) is 10.6. The molecule has 3 rings (SSSR count). The number of hydrogen-bond donors (Lipinski definition) is 3. The van der Waals surface area contributed by atoms with Crippen molar-refractivity contribution in [1.82, 2.24) is 15.0 Å². The van der Waals surface area contributed by atoms with Crippen LogP contribution in [0.5, 0.6) is 0 Å². The van der Waals surface area contributed by atoms with Gasteiger partial charge in [0.15, 0.2) is 0 Å². The normalized spacial score (nSPS) is 10.9. The van der Waals surface area contributed by atoms with Crippen LogP contribution in [0.1, 0.15) is 16.3 Å². The minimum atomic E-state index is -1.06. The number of para-hydroxylation sites is 1. The summed E-state index contributed by atoms with van der Waals surface area (Å²) in [6.07, 6.45) is 1.55. The molecule has 0 aliphatic carbocycles. The molecule has 18 heavy (non-hydrogen) atoms. The van der Waals surface area contributed by atoms with E-state index in [2.05, 4.69) is 15.0 Å². The number of carboxylic acids is 1. The lowest BCUT2D eigenvalue weighted by atomic mass is 10.1. The number of aryl methyl sites for hydroxylation is 1. The Kier molecular flexibility index (Phi) is 2.19. The van der Waals surface area contributed by atoms with Crippen LogP contribution in [0.2, 0.25) is 0 Å². The van der Waals surface area contributed by atoms with Gasteiger partial charge in [0.05, 0.1) is 11.9 Å². The maximum atomic E-state index is 10.8. The summed E-state index contributed by atoms with van der Waals surface area (Å²) in [5.41, 5.74) is 3.68. The van der Waals surface area contributed by atoms with Gasteiger partial charge in [0.25, 0.3) is 0 Å². The first-order valence-electron chi connectivity index (χ1n) is 5.53. The fraction of sp³-hybridized carbons (Fsp3) is 0.0769. The zero-order valence-corrected chi connectivity index (χ0v) is 9.69. The number of nitrogens with zero attached hydrogens (tertiary/aromatic N) is 1. The van der Waals surface area contributed by atoms with Crippen molar-refractivity contribution in [2.24, 2.45) is 0 Å². The molecule has 0 saturated carbocycles. The molecule has 1 aromatic carbocycles. The molecule has 0 saturated heterocycles. The van der Waals surface area contributed by atoms with Crippen molar-refractivity contribution in [2.75, 3.05) is 0 Å².